The van der Waals surface area contributed by atoms with E-state index in [1.54, 1.807) is 12.1 Å². The largest absolute Gasteiger partial charge is 0.397 e. The van der Waals surface area contributed by atoms with Crippen LogP contribution in [0.5, 0.6) is 0 Å². The average Bonchev–Trinajstić information content (AvgIpc) is 2.12. The molecule has 1 aromatic rings. The van der Waals surface area contributed by atoms with Crippen molar-refractivity contribution in [1.29, 1.82) is 0 Å². The van der Waals surface area contributed by atoms with E-state index >= 15 is 0 Å². The first-order valence-corrected chi connectivity index (χ1v) is 5.45. The Morgan fingerprint density at radius 2 is 2.00 bits per heavy atom. The van der Waals surface area contributed by atoms with Crippen molar-refractivity contribution >= 4 is 40.5 Å². The Labute approximate surface area is 104 Å². The standard InChI is InChI=1S/C10H13Cl2N3O/c1-5(2-10(14)16)15-9-4-7(12)6(11)3-8(9)13/h3-5,15H,2,13H2,1H3,(H2,14,16). The van der Waals surface area contributed by atoms with Crippen LogP contribution in [0.15, 0.2) is 12.1 Å². The van der Waals surface area contributed by atoms with E-state index < -0.39 is 0 Å². The molecule has 0 heterocycles. The summed E-state index contributed by atoms with van der Waals surface area (Å²) in [7, 11) is 0. The van der Waals surface area contributed by atoms with Gasteiger partial charge in [0, 0.05) is 12.5 Å². The van der Waals surface area contributed by atoms with Crippen LogP contribution in [0.2, 0.25) is 10.0 Å². The van der Waals surface area contributed by atoms with Gasteiger partial charge in [-0.05, 0) is 19.1 Å². The van der Waals surface area contributed by atoms with Crippen LogP contribution in [0.25, 0.3) is 0 Å². The summed E-state index contributed by atoms with van der Waals surface area (Å²) in [6, 6.07) is 3.07. The minimum absolute atomic E-state index is 0.114. The van der Waals surface area contributed by atoms with Gasteiger partial charge in [-0.25, -0.2) is 0 Å². The lowest BCUT2D eigenvalue weighted by Crippen LogP contribution is -2.24. The number of primary amides is 1. The SMILES string of the molecule is CC(CC(N)=O)Nc1cc(Cl)c(Cl)cc1N. The van der Waals surface area contributed by atoms with Gasteiger partial charge in [-0.1, -0.05) is 23.2 Å². The highest BCUT2D eigenvalue weighted by molar-refractivity contribution is 6.42. The molecule has 88 valence electrons. The first kappa shape index (κ1) is 12.9. The molecule has 6 heteroatoms. The molecular formula is C10H13Cl2N3O. The molecule has 1 atom stereocenters. The average molecular weight is 262 g/mol. The molecular weight excluding hydrogens is 249 g/mol. The quantitative estimate of drug-likeness (QED) is 0.728. The number of anilines is 2. The van der Waals surface area contributed by atoms with Crippen LogP contribution in [-0.2, 0) is 4.79 Å². The zero-order valence-corrected chi connectivity index (χ0v) is 10.3. The van der Waals surface area contributed by atoms with Crippen molar-refractivity contribution < 1.29 is 4.79 Å². The third-order valence-electron chi connectivity index (χ3n) is 2.00. The molecule has 16 heavy (non-hydrogen) atoms. The van der Waals surface area contributed by atoms with Crippen molar-refractivity contribution in [2.75, 3.05) is 11.1 Å². The molecule has 4 nitrogen and oxygen atoms in total. The van der Waals surface area contributed by atoms with Gasteiger partial charge in [0.1, 0.15) is 0 Å². The highest BCUT2D eigenvalue weighted by Crippen LogP contribution is 2.31. The summed E-state index contributed by atoms with van der Waals surface area (Å²) in [4.78, 5) is 10.7. The van der Waals surface area contributed by atoms with Gasteiger partial charge in [-0.15, -0.1) is 0 Å². The second-order valence-corrected chi connectivity index (χ2v) is 4.38. The van der Waals surface area contributed by atoms with Gasteiger partial charge in [0.15, 0.2) is 0 Å². The van der Waals surface area contributed by atoms with Crippen LogP contribution in [-0.4, -0.2) is 11.9 Å². The van der Waals surface area contributed by atoms with Gasteiger partial charge < -0.3 is 16.8 Å². The molecule has 1 unspecified atom stereocenters. The maximum atomic E-state index is 10.7. The monoisotopic (exact) mass is 261 g/mol. The lowest BCUT2D eigenvalue weighted by atomic mass is 10.2. The maximum absolute atomic E-state index is 10.7. The van der Waals surface area contributed by atoms with Crippen molar-refractivity contribution in [1.82, 2.24) is 0 Å². The zero-order chi connectivity index (χ0) is 12.3. The Hall–Kier alpha value is -1.13. The molecule has 0 aromatic heterocycles. The fraction of sp³-hybridized carbons (Fsp3) is 0.300. The fourth-order valence-corrected chi connectivity index (χ4v) is 1.64. The number of hydrogen-bond donors (Lipinski definition) is 3. The highest BCUT2D eigenvalue weighted by atomic mass is 35.5. The number of nitrogens with one attached hydrogen (secondary N) is 1. The molecule has 5 N–H and O–H groups in total. The van der Waals surface area contributed by atoms with Gasteiger partial charge in [0.05, 0.1) is 21.4 Å². The molecule has 0 aliphatic rings. The second kappa shape index (κ2) is 5.27. The van der Waals surface area contributed by atoms with Gasteiger partial charge in [0.2, 0.25) is 5.91 Å². The lowest BCUT2D eigenvalue weighted by Gasteiger charge is -2.16. The minimum atomic E-state index is -0.376. The normalized spacial score (nSPS) is 12.2. The van der Waals surface area contributed by atoms with Crippen LogP contribution in [0.3, 0.4) is 0 Å². The van der Waals surface area contributed by atoms with Crippen LogP contribution in [0.1, 0.15) is 13.3 Å². The third kappa shape index (κ3) is 3.47. The molecule has 1 rings (SSSR count). The van der Waals surface area contributed by atoms with Gasteiger partial charge in [-0.3, -0.25) is 4.79 Å². The first-order valence-electron chi connectivity index (χ1n) is 4.69. The summed E-state index contributed by atoms with van der Waals surface area (Å²) in [6.07, 6.45) is 0.222. The molecule has 0 fully saturated rings. The number of nitrogens with two attached hydrogens (primary N) is 2. The number of halogens is 2. The predicted molar refractivity (Wildman–Crippen MR) is 67.8 cm³/mol. The molecule has 0 aliphatic carbocycles. The summed E-state index contributed by atoms with van der Waals surface area (Å²) in [5.41, 5.74) is 11.9. The number of benzene rings is 1. The molecule has 0 saturated carbocycles. The topological polar surface area (TPSA) is 81.1 Å². The van der Waals surface area contributed by atoms with Gasteiger partial charge >= 0.3 is 0 Å². The number of carbonyl (C=O) groups is 1. The molecule has 0 bridgehead atoms. The number of rotatable bonds is 4. The number of carbonyl (C=O) groups excluding carboxylic acids is 1. The Bertz CT molecular complexity index is 409. The minimum Gasteiger partial charge on any atom is -0.397 e. The Morgan fingerprint density at radius 1 is 1.44 bits per heavy atom. The number of amides is 1. The van der Waals surface area contributed by atoms with Gasteiger partial charge in [0.25, 0.3) is 0 Å². The Balaban J connectivity index is 2.81. The maximum Gasteiger partial charge on any atom is 0.219 e. The van der Waals surface area contributed by atoms with E-state index in [4.69, 9.17) is 34.7 Å². The first-order chi connectivity index (χ1) is 7.40. The van der Waals surface area contributed by atoms with Crippen LogP contribution in [0, 0.1) is 0 Å². The van der Waals surface area contributed by atoms with E-state index in [1.807, 2.05) is 6.92 Å². The molecule has 0 radical (unpaired) electrons. The smallest absolute Gasteiger partial charge is 0.219 e. The van der Waals surface area contributed by atoms with Crippen molar-refractivity contribution in [3.05, 3.63) is 22.2 Å². The summed E-state index contributed by atoms with van der Waals surface area (Å²) in [5.74, 6) is -0.376. The summed E-state index contributed by atoms with van der Waals surface area (Å²) < 4.78 is 0. The number of hydrogen-bond acceptors (Lipinski definition) is 3. The van der Waals surface area contributed by atoms with Gasteiger partial charge in [-0.2, -0.15) is 0 Å². The zero-order valence-electron chi connectivity index (χ0n) is 8.76. The lowest BCUT2D eigenvalue weighted by molar-refractivity contribution is -0.118. The summed E-state index contributed by atoms with van der Waals surface area (Å²) >= 11 is 11.6. The van der Waals surface area contributed by atoms with E-state index in [0.29, 0.717) is 21.4 Å². The van der Waals surface area contributed by atoms with E-state index in [0.717, 1.165) is 0 Å². The molecule has 0 aliphatic heterocycles. The van der Waals surface area contributed by atoms with Crippen molar-refractivity contribution in [2.45, 2.75) is 19.4 Å². The number of nitrogen functional groups attached to an aromatic ring is 1. The van der Waals surface area contributed by atoms with E-state index in [9.17, 15) is 4.79 Å². The highest BCUT2D eigenvalue weighted by Gasteiger charge is 2.09. The van der Waals surface area contributed by atoms with E-state index in [2.05, 4.69) is 5.32 Å². The second-order valence-electron chi connectivity index (χ2n) is 3.57. The third-order valence-corrected chi connectivity index (χ3v) is 2.72. The molecule has 0 saturated heterocycles. The van der Waals surface area contributed by atoms with Crippen molar-refractivity contribution in [3.8, 4) is 0 Å². The molecule has 1 amide bonds. The summed E-state index contributed by atoms with van der Waals surface area (Å²) in [6.45, 7) is 1.83. The summed E-state index contributed by atoms with van der Waals surface area (Å²) in [5, 5.41) is 3.84. The predicted octanol–water partition coefficient (Wildman–Crippen LogP) is 2.25. The van der Waals surface area contributed by atoms with E-state index in [-0.39, 0.29) is 18.4 Å². The van der Waals surface area contributed by atoms with Crippen molar-refractivity contribution in [3.63, 3.8) is 0 Å². The van der Waals surface area contributed by atoms with Crippen LogP contribution in [0.4, 0.5) is 11.4 Å². The Morgan fingerprint density at radius 3 is 2.56 bits per heavy atom. The fourth-order valence-electron chi connectivity index (χ4n) is 1.31. The van der Waals surface area contributed by atoms with Crippen LogP contribution >= 0.6 is 23.2 Å². The van der Waals surface area contributed by atoms with Crippen molar-refractivity contribution in [2.24, 2.45) is 5.73 Å². The van der Waals surface area contributed by atoms with E-state index in [1.165, 1.54) is 0 Å². The molecule has 0 spiro atoms. The molecule has 1 aromatic carbocycles. The van der Waals surface area contributed by atoms with Crippen LogP contribution < -0.4 is 16.8 Å². The Kier molecular flexibility index (Phi) is 4.26.